The van der Waals surface area contributed by atoms with Crippen LogP contribution in [-0.4, -0.2) is 11.0 Å². The molecule has 1 aliphatic carbocycles. The Labute approximate surface area is 117 Å². The number of benzene rings is 1. The van der Waals surface area contributed by atoms with Crippen LogP contribution in [0.2, 0.25) is 10.0 Å². The second-order valence-electron chi connectivity index (χ2n) is 4.51. The first-order chi connectivity index (χ1) is 8.16. The van der Waals surface area contributed by atoms with Gasteiger partial charge in [-0.25, -0.2) is 0 Å². The van der Waals surface area contributed by atoms with Crippen LogP contribution in [-0.2, 0) is 0 Å². The van der Waals surface area contributed by atoms with Crippen LogP contribution in [0.1, 0.15) is 37.3 Å². The molecule has 0 aromatic heterocycles. The molecule has 17 heavy (non-hydrogen) atoms. The van der Waals surface area contributed by atoms with E-state index in [4.69, 9.17) is 28.9 Å². The van der Waals surface area contributed by atoms with Crippen LogP contribution in [0.25, 0.3) is 0 Å². The van der Waals surface area contributed by atoms with E-state index >= 15 is 0 Å². The molecule has 0 aliphatic heterocycles. The maximum atomic E-state index is 6.18. The van der Waals surface area contributed by atoms with E-state index in [1.807, 2.05) is 23.9 Å². The molecule has 0 bridgehead atoms. The molecule has 1 aromatic carbocycles. The summed E-state index contributed by atoms with van der Waals surface area (Å²) in [5.41, 5.74) is 7.14. The highest BCUT2D eigenvalue weighted by molar-refractivity contribution is 7.99. The van der Waals surface area contributed by atoms with Crippen LogP contribution in [0, 0.1) is 0 Å². The Morgan fingerprint density at radius 1 is 1.29 bits per heavy atom. The van der Waals surface area contributed by atoms with Crippen molar-refractivity contribution >= 4 is 35.0 Å². The SMILES string of the molecule is NC(CSC1CCCC1)c1cc(Cl)ccc1Cl. The summed E-state index contributed by atoms with van der Waals surface area (Å²) in [4.78, 5) is 0. The van der Waals surface area contributed by atoms with E-state index < -0.39 is 0 Å². The van der Waals surface area contributed by atoms with Crippen molar-refractivity contribution in [2.24, 2.45) is 5.73 Å². The fraction of sp³-hybridized carbons (Fsp3) is 0.538. The van der Waals surface area contributed by atoms with Gasteiger partial charge in [0.1, 0.15) is 0 Å². The minimum atomic E-state index is -0.0215. The molecule has 1 nitrogen and oxygen atoms in total. The lowest BCUT2D eigenvalue weighted by atomic mass is 10.1. The average Bonchev–Trinajstić information content (AvgIpc) is 2.82. The lowest BCUT2D eigenvalue weighted by Crippen LogP contribution is -2.15. The van der Waals surface area contributed by atoms with Crippen LogP contribution < -0.4 is 5.73 Å². The maximum Gasteiger partial charge on any atom is 0.0455 e. The molecule has 1 fully saturated rings. The van der Waals surface area contributed by atoms with Gasteiger partial charge in [0.15, 0.2) is 0 Å². The van der Waals surface area contributed by atoms with Crippen LogP contribution in [0.3, 0.4) is 0 Å². The molecule has 1 unspecified atom stereocenters. The fourth-order valence-electron chi connectivity index (χ4n) is 2.18. The number of hydrogen-bond acceptors (Lipinski definition) is 2. The highest BCUT2D eigenvalue weighted by Gasteiger charge is 2.18. The summed E-state index contributed by atoms with van der Waals surface area (Å²) in [6.07, 6.45) is 5.40. The predicted octanol–water partition coefficient (Wildman–Crippen LogP) is 4.67. The van der Waals surface area contributed by atoms with E-state index in [1.54, 1.807) is 6.07 Å². The number of hydrogen-bond donors (Lipinski definition) is 1. The molecular weight excluding hydrogens is 273 g/mol. The first-order valence-corrected chi connectivity index (χ1v) is 7.79. The zero-order chi connectivity index (χ0) is 12.3. The van der Waals surface area contributed by atoms with Gasteiger partial charge in [0, 0.05) is 27.1 Å². The molecule has 2 N–H and O–H groups in total. The van der Waals surface area contributed by atoms with Crippen molar-refractivity contribution in [2.75, 3.05) is 5.75 Å². The third kappa shape index (κ3) is 3.78. The van der Waals surface area contributed by atoms with Crippen LogP contribution in [0.15, 0.2) is 18.2 Å². The Hall–Kier alpha value is 0.110. The summed E-state index contributed by atoms with van der Waals surface area (Å²) in [6, 6.07) is 5.47. The molecule has 0 saturated heterocycles. The van der Waals surface area contributed by atoms with Crippen LogP contribution in [0.5, 0.6) is 0 Å². The second-order valence-corrected chi connectivity index (χ2v) is 6.69. The minimum absolute atomic E-state index is 0.0215. The Morgan fingerprint density at radius 2 is 2.00 bits per heavy atom. The topological polar surface area (TPSA) is 26.0 Å². The Morgan fingerprint density at radius 3 is 2.71 bits per heavy atom. The van der Waals surface area contributed by atoms with E-state index in [1.165, 1.54) is 25.7 Å². The van der Waals surface area contributed by atoms with E-state index in [2.05, 4.69) is 0 Å². The number of rotatable bonds is 4. The first kappa shape index (κ1) is 13.5. The summed E-state index contributed by atoms with van der Waals surface area (Å²) in [6.45, 7) is 0. The molecule has 1 aliphatic rings. The van der Waals surface area contributed by atoms with Gasteiger partial charge in [-0.2, -0.15) is 11.8 Å². The maximum absolute atomic E-state index is 6.18. The number of thioether (sulfide) groups is 1. The zero-order valence-electron chi connectivity index (χ0n) is 9.66. The van der Waals surface area contributed by atoms with E-state index in [-0.39, 0.29) is 6.04 Å². The largest absolute Gasteiger partial charge is 0.323 e. The third-order valence-corrected chi connectivity index (χ3v) is 5.24. The van der Waals surface area contributed by atoms with Crippen LogP contribution in [0.4, 0.5) is 0 Å². The van der Waals surface area contributed by atoms with Crippen molar-refractivity contribution in [3.05, 3.63) is 33.8 Å². The number of nitrogens with two attached hydrogens (primary N) is 1. The molecular formula is C13H17Cl2NS. The molecule has 0 radical (unpaired) electrons. The normalized spacial score (nSPS) is 18.5. The molecule has 94 valence electrons. The monoisotopic (exact) mass is 289 g/mol. The van der Waals surface area contributed by atoms with Crippen LogP contribution >= 0.6 is 35.0 Å². The van der Waals surface area contributed by atoms with Crippen molar-refractivity contribution in [1.29, 1.82) is 0 Å². The Balaban J connectivity index is 1.93. The lowest BCUT2D eigenvalue weighted by molar-refractivity contribution is 0.820. The standard InChI is InChI=1S/C13H17Cl2NS/c14-9-5-6-12(15)11(7-9)13(16)8-17-10-3-1-2-4-10/h5-7,10,13H,1-4,8,16H2. The predicted molar refractivity (Wildman–Crippen MR) is 78.1 cm³/mol. The van der Waals surface area contributed by atoms with Gasteiger partial charge in [0.2, 0.25) is 0 Å². The van der Waals surface area contributed by atoms with Gasteiger partial charge in [-0.3, -0.25) is 0 Å². The zero-order valence-corrected chi connectivity index (χ0v) is 12.0. The molecule has 1 saturated carbocycles. The number of halogens is 2. The fourth-order valence-corrected chi connectivity index (χ4v) is 3.95. The van der Waals surface area contributed by atoms with Gasteiger partial charge in [0.05, 0.1) is 0 Å². The lowest BCUT2D eigenvalue weighted by Gasteiger charge is -2.16. The van der Waals surface area contributed by atoms with E-state index in [0.29, 0.717) is 10.0 Å². The smallest absolute Gasteiger partial charge is 0.0455 e. The van der Waals surface area contributed by atoms with Gasteiger partial charge in [0.25, 0.3) is 0 Å². The van der Waals surface area contributed by atoms with E-state index in [0.717, 1.165) is 16.6 Å². The van der Waals surface area contributed by atoms with Crippen molar-refractivity contribution in [3.63, 3.8) is 0 Å². The van der Waals surface area contributed by atoms with Gasteiger partial charge in [-0.05, 0) is 36.6 Å². The van der Waals surface area contributed by atoms with Crippen molar-refractivity contribution < 1.29 is 0 Å². The van der Waals surface area contributed by atoms with Crippen molar-refractivity contribution in [3.8, 4) is 0 Å². The summed E-state index contributed by atoms with van der Waals surface area (Å²) >= 11 is 14.1. The van der Waals surface area contributed by atoms with Gasteiger partial charge < -0.3 is 5.73 Å². The highest BCUT2D eigenvalue weighted by atomic mass is 35.5. The van der Waals surface area contributed by atoms with Gasteiger partial charge in [-0.15, -0.1) is 0 Å². The first-order valence-electron chi connectivity index (χ1n) is 5.99. The second kappa shape index (κ2) is 6.33. The molecule has 1 atom stereocenters. The average molecular weight is 290 g/mol. The quantitative estimate of drug-likeness (QED) is 0.872. The molecule has 0 heterocycles. The van der Waals surface area contributed by atoms with Crippen molar-refractivity contribution in [2.45, 2.75) is 37.0 Å². The van der Waals surface area contributed by atoms with Gasteiger partial charge in [-0.1, -0.05) is 36.0 Å². The highest BCUT2D eigenvalue weighted by Crippen LogP contribution is 2.33. The van der Waals surface area contributed by atoms with Gasteiger partial charge >= 0.3 is 0 Å². The summed E-state index contributed by atoms with van der Waals surface area (Å²) < 4.78 is 0. The molecule has 4 heteroatoms. The summed E-state index contributed by atoms with van der Waals surface area (Å²) in [5, 5.41) is 2.21. The Kier molecular flexibility index (Phi) is 5.04. The summed E-state index contributed by atoms with van der Waals surface area (Å²) in [7, 11) is 0. The van der Waals surface area contributed by atoms with Crippen molar-refractivity contribution in [1.82, 2.24) is 0 Å². The molecule has 0 spiro atoms. The third-order valence-electron chi connectivity index (χ3n) is 3.17. The molecule has 0 amide bonds. The summed E-state index contributed by atoms with van der Waals surface area (Å²) in [5.74, 6) is 0.921. The molecule has 1 aromatic rings. The van der Waals surface area contributed by atoms with E-state index in [9.17, 15) is 0 Å². The minimum Gasteiger partial charge on any atom is -0.323 e. The molecule has 2 rings (SSSR count). The Bertz CT molecular complexity index is 378.